The van der Waals surface area contributed by atoms with Gasteiger partial charge in [-0.2, -0.15) is 0 Å². The quantitative estimate of drug-likeness (QED) is 0.800. The maximum absolute atomic E-state index is 12.5. The molecule has 5 heteroatoms. The number of rotatable bonds is 3. The third-order valence-electron chi connectivity index (χ3n) is 5.27. The molecule has 0 radical (unpaired) electrons. The van der Waals surface area contributed by atoms with E-state index < -0.39 is 0 Å². The van der Waals surface area contributed by atoms with Crippen LogP contribution >= 0.6 is 0 Å². The van der Waals surface area contributed by atoms with Gasteiger partial charge in [0.1, 0.15) is 5.56 Å². The van der Waals surface area contributed by atoms with Crippen molar-refractivity contribution in [2.75, 3.05) is 13.1 Å². The molecule has 130 valence electrons. The number of amides is 1. The van der Waals surface area contributed by atoms with Crippen LogP contribution in [0.25, 0.3) is 0 Å². The molecule has 1 aliphatic carbocycles. The Labute approximate surface area is 146 Å². The Morgan fingerprint density at radius 3 is 2.88 bits per heavy atom. The van der Waals surface area contributed by atoms with Crippen LogP contribution in [0.1, 0.15) is 51.6 Å². The van der Waals surface area contributed by atoms with Gasteiger partial charge in [-0.15, -0.1) is 0 Å². The van der Waals surface area contributed by atoms with Crippen molar-refractivity contribution in [1.82, 2.24) is 15.6 Å². The van der Waals surface area contributed by atoms with E-state index in [1.807, 2.05) is 12.1 Å². The fourth-order valence-corrected chi connectivity index (χ4v) is 3.91. The van der Waals surface area contributed by atoms with Crippen molar-refractivity contribution in [2.24, 2.45) is 0 Å². The monoisotopic (exact) mass is 337 g/mol. The molecule has 3 N–H and O–H groups in total. The Bertz CT molecular complexity index is 856. The first-order valence-electron chi connectivity index (χ1n) is 9.07. The highest BCUT2D eigenvalue weighted by Gasteiger charge is 2.21. The number of pyridine rings is 1. The van der Waals surface area contributed by atoms with Gasteiger partial charge in [-0.05, 0) is 61.4 Å². The third kappa shape index (κ3) is 3.24. The second-order valence-electron chi connectivity index (χ2n) is 6.89. The van der Waals surface area contributed by atoms with Crippen LogP contribution in [0.2, 0.25) is 0 Å². The molecule has 2 aliphatic rings. The minimum absolute atomic E-state index is 0.0885. The van der Waals surface area contributed by atoms with Crippen LogP contribution in [0.15, 0.2) is 35.1 Å². The van der Waals surface area contributed by atoms with Gasteiger partial charge in [0.2, 0.25) is 0 Å². The highest BCUT2D eigenvalue weighted by molar-refractivity contribution is 5.94. The molecule has 5 nitrogen and oxygen atoms in total. The summed E-state index contributed by atoms with van der Waals surface area (Å²) in [5, 5.41) is 6.38. The smallest absolute Gasteiger partial charge is 0.261 e. The van der Waals surface area contributed by atoms with Gasteiger partial charge in [0.05, 0.1) is 0 Å². The van der Waals surface area contributed by atoms with Gasteiger partial charge in [-0.1, -0.05) is 24.3 Å². The molecule has 2 aromatic rings. The molecule has 0 saturated carbocycles. The number of aromatic nitrogens is 1. The fraction of sp³-hybridized carbons (Fsp3) is 0.400. The lowest BCUT2D eigenvalue weighted by Crippen LogP contribution is -2.40. The summed E-state index contributed by atoms with van der Waals surface area (Å²) in [6, 6.07) is 10.2. The van der Waals surface area contributed by atoms with E-state index in [9.17, 15) is 9.59 Å². The predicted octanol–water partition coefficient (Wildman–Crippen LogP) is 1.87. The summed E-state index contributed by atoms with van der Waals surface area (Å²) in [6.45, 7) is 1.38. The summed E-state index contributed by atoms with van der Waals surface area (Å²) >= 11 is 0. The summed E-state index contributed by atoms with van der Waals surface area (Å²) in [5.41, 5.74) is 4.60. The molecule has 0 bridgehead atoms. The highest BCUT2D eigenvalue weighted by Crippen LogP contribution is 2.22. The number of aryl methyl sites for hydroxylation is 2. The van der Waals surface area contributed by atoms with E-state index in [4.69, 9.17) is 0 Å². The molecule has 1 aromatic heterocycles. The van der Waals surface area contributed by atoms with Gasteiger partial charge in [0.15, 0.2) is 0 Å². The number of hydrogen-bond acceptors (Lipinski definition) is 3. The number of benzene rings is 1. The van der Waals surface area contributed by atoms with E-state index in [0.29, 0.717) is 6.54 Å². The number of carbonyl (C=O) groups excluding carboxylic acids is 1. The zero-order valence-electron chi connectivity index (χ0n) is 14.2. The van der Waals surface area contributed by atoms with Crippen molar-refractivity contribution in [3.8, 4) is 0 Å². The Morgan fingerprint density at radius 2 is 1.96 bits per heavy atom. The molecule has 0 fully saturated rings. The Kier molecular flexibility index (Phi) is 4.40. The number of carbonyl (C=O) groups is 1. The lowest BCUT2D eigenvalue weighted by atomic mass is 9.94. The summed E-state index contributed by atoms with van der Waals surface area (Å²) < 4.78 is 0. The zero-order valence-corrected chi connectivity index (χ0v) is 14.2. The van der Waals surface area contributed by atoms with Crippen LogP contribution in [0.3, 0.4) is 0 Å². The molecule has 1 amide bonds. The first-order valence-corrected chi connectivity index (χ1v) is 9.07. The van der Waals surface area contributed by atoms with Crippen molar-refractivity contribution >= 4 is 5.91 Å². The standard InChI is InChI=1S/C20H23N3O2/c24-19(16-11-14-6-2-4-8-17(14)23-20(16)25)22-12-18-15-7-3-1-5-13(15)9-10-21-18/h1,3,5,7,11,18,21H,2,4,6,8-10,12H2,(H,22,24)(H,23,25). The van der Waals surface area contributed by atoms with Crippen molar-refractivity contribution in [3.05, 3.63) is 68.6 Å². The number of fused-ring (bicyclic) bond motifs is 2. The third-order valence-corrected chi connectivity index (χ3v) is 5.27. The van der Waals surface area contributed by atoms with E-state index in [1.165, 1.54) is 11.1 Å². The van der Waals surface area contributed by atoms with Gasteiger partial charge in [-0.3, -0.25) is 9.59 Å². The molecule has 25 heavy (non-hydrogen) atoms. The molecular formula is C20H23N3O2. The minimum atomic E-state index is -0.292. The van der Waals surface area contributed by atoms with Gasteiger partial charge in [0.25, 0.3) is 11.5 Å². The second-order valence-corrected chi connectivity index (χ2v) is 6.89. The number of H-pyrrole nitrogens is 1. The van der Waals surface area contributed by atoms with Crippen LogP contribution < -0.4 is 16.2 Å². The Morgan fingerprint density at radius 1 is 1.12 bits per heavy atom. The van der Waals surface area contributed by atoms with E-state index in [1.54, 1.807) is 6.07 Å². The normalized spacial score (nSPS) is 19.0. The van der Waals surface area contributed by atoms with Crippen LogP contribution in [0.4, 0.5) is 0 Å². The molecule has 0 saturated heterocycles. The summed E-state index contributed by atoms with van der Waals surface area (Å²) in [7, 11) is 0. The average molecular weight is 337 g/mol. The van der Waals surface area contributed by atoms with Gasteiger partial charge < -0.3 is 15.6 Å². The molecule has 1 aliphatic heterocycles. The van der Waals surface area contributed by atoms with Crippen molar-refractivity contribution in [2.45, 2.75) is 38.1 Å². The first-order chi connectivity index (χ1) is 12.2. The maximum Gasteiger partial charge on any atom is 0.261 e. The minimum Gasteiger partial charge on any atom is -0.350 e. The SMILES string of the molecule is O=C(NCC1NCCc2ccccc21)c1cc2c([nH]c1=O)CCCC2. The number of nitrogens with one attached hydrogen (secondary N) is 3. The van der Waals surface area contributed by atoms with Crippen molar-refractivity contribution < 1.29 is 4.79 Å². The van der Waals surface area contributed by atoms with E-state index >= 15 is 0 Å². The lowest BCUT2D eigenvalue weighted by molar-refractivity contribution is 0.0947. The topological polar surface area (TPSA) is 74.0 Å². The summed E-state index contributed by atoms with van der Waals surface area (Å²) in [6.07, 6.45) is 5.05. The molecule has 0 spiro atoms. The molecular weight excluding hydrogens is 314 g/mol. The van der Waals surface area contributed by atoms with Crippen molar-refractivity contribution in [3.63, 3.8) is 0 Å². The molecule has 2 heterocycles. The van der Waals surface area contributed by atoms with Gasteiger partial charge in [-0.25, -0.2) is 0 Å². The van der Waals surface area contributed by atoms with Crippen LogP contribution in [0.5, 0.6) is 0 Å². The van der Waals surface area contributed by atoms with Crippen LogP contribution in [-0.4, -0.2) is 24.0 Å². The zero-order chi connectivity index (χ0) is 17.2. The van der Waals surface area contributed by atoms with Crippen LogP contribution in [0, 0.1) is 0 Å². The second kappa shape index (κ2) is 6.84. The van der Waals surface area contributed by atoms with E-state index in [2.05, 4.69) is 27.8 Å². The highest BCUT2D eigenvalue weighted by atomic mass is 16.2. The molecule has 1 atom stereocenters. The number of hydrogen-bond donors (Lipinski definition) is 3. The number of aromatic amines is 1. The average Bonchev–Trinajstić information content (AvgIpc) is 2.65. The Balaban J connectivity index is 1.49. The van der Waals surface area contributed by atoms with E-state index in [0.717, 1.165) is 49.9 Å². The first kappa shape index (κ1) is 16.1. The maximum atomic E-state index is 12.5. The van der Waals surface area contributed by atoms with Crippen LogP contribution in [-0.2, 0) is 19.3 Å². The summed E-state index contributed by atoms with van der Waals surface area (Å²) in [5.74, 6) is -0.292. The lowest BCUT2D eigenvalue weighted by Gasteiger charge is -2.27. The molecule has 4 rings (SSSR count). The Hall–Kier alpha value is -2.40. The van der Waals surface area contributed by atoms with Gasteiger partial charge >= 0.3 is 0 Å². The largest absolute Gasteiger partial charge is 0.350 e. The van der Waals surface area contributed by atoms with Crippen molar-refractivity contribution in [1.29, 1.82) is 0 Å². The van der Waals surface area contributed by atoms with E-state index in [-0.39, 0.29) is 23.1 Å². The predicted molar refractivity (Wildman–Crippen MR) is 96.9 cm³/mol. The van der Waals surface area contributed by atoms with Gasteiger partial charge in [0, 0.05) is 18.3 Å². The molecule has 1 aromatic carbocycles. The summed E-state index contributed by atoms with van der Waals surface area (Å²) in [4.78, 5) is 27.7. The fourth-order valence-electron chi connectivity index (χ4n) is 3.91. The molecule has 1 unspecified atom stereocenters.